The van der Waals surface area contributed by atoms with Gasteiger partial charge in [0.05, 0.1) is 23.6 Å². The highest BCUT2D eigenvalue weighted by Gasteiger charge is 2.07. The second-order valence-corrected chi connectivity index (χ2v) is 2.43. The van der Waals surface area contributed by atoms with E-state index in [1.807, 2.05) is 6.92 Å². The zero-order valence-corrected chi connectivity index (χ0v) is 6.57. The van der Waals surface area contributed by atoms with Crippen molar-refractivity contribution in [1.29, 1.82) is 5.26 Å². The van der Waals surface area contributed by atoms with Crippen molar-refractivity contribution in [2.75, 3.05) is 5.73 Å². The maximum absolute atomic E-state index is 8.57. The first kappa shape index (κ1) is 7.61. The first-order valence-corrected chi connectivity index (χ1v) is 3.36. The summed E-state index contributed by atoms with van der Waals surface area (Å²) in [6.07, 6.45) is 1.56. The van der Waals surface area contributed by atoms with Crippen LogP contribution in [-0.2, 0) is 0 Å². The van der Waals surface area contributed by atoms with Crippen LogP contribution in [0.5, 0.6) is 0 Å². The minimum absolute atomic E-state index is 0.243. The molecule has 1 aromatic heterocycles. The summed E-state index contributed by atoms with van der Waals surface area (Å²) in [7, 11) is 0. The predicted octanol–water partition coefficient (Wildman–Crippen LogP) is 0.858. The molecule has 0 bridgehead atoms. The van der Waals surface area contributed by atoms with E-state index in [1.165, 1.54) is 0 Å². The molecule has 1 aromatic rings. The van der Waals surface area contributed by atoms with Crippen LogP contribution in [0.3, 0.4) is 0 Å². The van der Waals surface area contributed by atoms with E-state index in [1.54, 1.807) is 17.8 Å². The van der Waals surface area contributed by atoms with Crippen LogP contribution in [0.2, 0.25) is 0 Å². The van der Waals surface area contributed by atoms with Gasteiger partial charge in [-0.05, 0) is 13.8 Å². The predicted molar refractivity (Wildman–Crippen MR) is 41.7 cm³/mol. The molecule has 4 heteroatoms. The number of nitriles is 1. The molecule has 0 spiro atoms. The van der Waals surface area contributed by atoms with Gasteiger partial charge in [-0.2, -0.15) is 10.4 Å². The van der Waals surface area contributed by atoms with E-state index in [0.717, 1.165) is 5.69 Å². The Morgan fingerprint density at radius 3 is 2.82 bits per heavy atom. The summed E-state index contributed by atoms with van der Waals surface area (Å²) in [6.45, 7) is 3.62. The van der Waals surface area contributed by atoms with E-state index in [0.29, 0.717) is 5.69 Å². The van der Waals surface area contributed by atoms with Crippen LogP contribution in [0.15, 0.2) is 6.20 Å². The summed E-state index contributed by atoms with van der Waals surface area (Å²) in [4.78, 5) is 0. The smallest absolute Gasteiger partial charge is 0.136 e. The first-order chi connectivity index (χ1) is 5.16. The second kappa shape index (κ2) is 2.62. The van der Waals surface area contributed by atoms with Gasteiger partial charge >= 0.3 is 0 Å². The number of hydrogen-bond acceptors (Lipinski definition) is 3. The minimum Gasteiger partial charge on any atom is -0.396 e. The molecule has 58 valence electrons. The fourth-order valence-electron chi connectivity index (χ4n) is 0.882. The Hall–Kier alpha value is -1.50. The average Bonchev–Trinajstić information content (AvgIpc) is 2.32. The van der Waals surface area contributed by atoms with Crippen LogP contribution in [0.4, 0.5) is 5.69 Å². The molecule has 0 fully saturated rings. The lowest BCUT2D eigenvalue weighted by Gasteiger charge is -2.04. The lowest BCUT2D eigenvalue weighted by atomic mass is 10.3. The maximum atomic E-state index is 8.57. The van der Waals surface area contributed by atoms with Gasteiger partial charge in [0.1, 0.15) is 6.04 Å². The molecular formula is C7H10N4. The summed E-state index contributed by atoms with van der Waals surface area (Å²) in [6, 6.07) is 1.84. The van der Waals surface area contributed by atoms with Crippen LogP contribution < -0.4 is 5.73 Å². The Labute approximate surface area is 65.2 Å². The topological polar surface area (TPSA) is 67.6 Å². The van der Waals surface area contributed by atoms with Crippen molar-refractivity contribution in [2.45, 2.75) is 19.9 Å². The Bertz CT molecular complexity index is 294. The standard InChI is InChI=1S/C7H10N4/c1-5(3-8)11-6(2)7(9)4-10-11/h4-5H,9H2,1-2H3/t5-/m0/s1. The molecule has 1 atom stereocenters. The molecule has 0 radical (unpaired) electrons. The van der Waals surface area contributed by atoms with Gasteiger partial charge < -0.3 is 5.73 Å². The summed E-state index contributed by atoms with van der Waals surface area (Å²) < 4.78 is 1.61. The van der Waals surface area contributed by atoms with E-state index in [9.17, 15) is 0 Å². The Morgan fingerprint density at radius 1 is 1.82 bits per heavy atom. The van der Waals surface area contributed by atoms with Gasteiger partial charge in [0, 0.05) is 0 Å². The van der Waals surface area contributed by atoms with Gasteiger partial charge in [-0.15, -0.1) is 0 Å². The summed E-state index contributed by atoms with van der Waals surface area (Å²) in [5, 5.41) is 12.5. The van der Waals surface area contributed by atoms with E-state index >= 15 is 0 Å². The normalized spacial score (nSPS) is 12.5. The Balaban J connectivity index is 3.07. The number of hydrogen-bond donors (Lipinski definition) is 1. The fourth-order valence-corrected chi connectivity index (χ4v) is 0.882. The molecular weight excluding hydrogens is 140 g/mol. The molecule has 1 heterocycles. The number of rotatable bonds is 1. The third-order valence-corrected chi connectivity index (χ3v) is 1.64. The van der Waals surface area contributed by atoms with Gasteiger partial charge in [0.25, 0.3) is 0 Å². The van der Waals surface area contributed by atoms with Gasteiger partial charge in [-0.25, -0.2) is 0 Å². The zero-order valence-electron chi connectivity index (χ0n) is 6.57. The molecule has 2 N–H and O–H groups in total. The quantitative estimate of drug-likeness (QED) is 0.645. The van der Waals surface area contributed by atoms with E-state index in [-0.39, 0.29) is 6.04 Å². The molecule has 0 amide bonds. The third kappa shape index (κ3) is 1.17. The van der Waals surface area contributed by atoms with Crippen LogP contribution >= 0.6 is 0 Å². The van der Waals surface area contributed by atoms with E-state index in [2.05, 4.69) is 11.2 Å². The summed E-state index contributed by atoms with van der Waals surface area (Å²) in [5.74, 6) is 0. The zero-order chi connectivity index (χ0) is 8.43. The number of nitrogens with zero attached hydrogens (tertiary/aromatic N) is 3. The number of aromatic nitrogens is 2. The molecule has 0 saturated carbocycles. The lowest BCUT2D eigenvalue weighted by Crippen LogP contribution is -2.06. The summed E-state index contributed by atoms with van der Waals surface area (Å²) in [5.41, 5.74) is 7.02. The lowest BCUT2D eigenvalue weighted by molar-refractivity contribution is 0.575. The van der Waals surface area contributed by atoms with Gasteiger partial charge in [-0.1, -0.05) is 0 Å². The number of nitrogen functional groups attached to an aromatic ring is 1. The fraction of sp³-hybridized carbons (Fsp3) is 0.429. The van der Waals surface area contributed by atoms with Crippen molar-refractivity contribution >= 4 is 5.69 Å². The minimum atomic E-state index is -0.243. The highest BCUT2D eigenvalue weighted by molar-refractivity contribution is 5.40. The highest BCUT2D eigenvalue weighted by atomic mass is 15.3. The molecule has 0 aliphatic rings. The summed E-state index contributed by atoms with van der Waals surface area (Å²) >= 11 is 0. The molecule has 1 rings (SSSR count). The van der Waals surface area contributed by atoms with Crippen molar-refractivity contribution in [2.24, 2.45) is 0 Å². The molecule has 11 heavy (non-hydrogen) atoms. The van der Waals surface area contributed by atoms with Crippen molar-refractivity contribution < 1.29 is 0 Å². The molecule has 0 aliphatic heterocycles. The molecule has 0 unspecified atom stereocenters. The van der Waals surface area contributed by atoms with Gasteiger partial charge in [0.15, 0.2) is 0 Å². The van der Waals surface area contributed by atoms with Crippen molar-refractivity contribution in [3.8, 4) is 6.07 Å². The molecule has 0 aromatic carbocycles. The van der Waals surface area contributed by atoms with Crippen molar-refractivity contribution in [1.82, 2.24) is 9.78 Å². The maximum Gasteiger partial charge on any atom is 0.136 e. The largest absolute Gasteiger partial charge is 0.396 e. The first-order valence-electron chi connectivity index (χ1n) is 3.36. The van der Waals surface area contributed by atoms with Crippen LogP contribution in [-0.4, -0.2) is 9.78 Å². The van der Waals surface area contributed by atoms with Crippen molar-refractivity contribution in [3.63, 3.8) is 0 Å². The van der Waals surface area contributed by atoms with Crippen molar-refractivity contribution in [3.05, 3.63) is 11.9 Å². The highest BCUT2D eigenvalue weighted by Crippen LogP contribution is 2.13. The van der Waals surface area contributed by atoms with Crippen LogP contribution in [0.25, 0.3) is 0 Å². The monoisotopic (exact) mass is 150 g/mol. The SMILES string of the molecule is Cc1c(N)cnn1[C@@H](C)C#N. The number of anilines is 1. The molecule has 0 saturated heterocycles. The average molecular weight is 150 g/mol. The molecule has 0 aliphatic carbocycles. The second-order valence-electron chi connectivity index (χ2n) is 2.43. The van der Waals surface area contributed by atoms with E-state index < -0.39 is 0 Å². The molecule has 4 nitrogen and oxygen atoms in total. The van der Waals surface area contributed by atoms with Crippen LogP contribution in [0.1, 0.15) is 18.7 Å². The number of nitrogens with two attached hydrogens (primary N) is 1. The Morgan fingerprint density at radius 2 is 2.45 bits per heavy atom. The van der Waals surface area contributed by atoms with Crippen LogP contribution in [0, 0.1) is 18.3 Å². The Kier molecular flexibility index (Phi) is 1.81. The van der Waals surface area contributed by atoms with Gasteiger partial charge in [0.2, 0.25) is 0 Å². The van der Waals surface area contributed by atoms with E-state index in [4.69, 9.17) is 11.0 Å². The van der Waals surface area contributed by atoms with Gasteiger partial charge in [-0.3, -0.25) is 4.68 Å². The third-order valence-electron chi connectivity index (χ3n) is 1.64.